The molecule has 0 unspecified atom stereocenters. The van der Waals surface area contributed by atoms with E-state index in [0.29, 0.717) is 27.0 Å². The number of halogens is 2. The molecule has 0 saturated carbocycles. The second-order valence-corrected chi connectivity index (χ2v) is 6.76. The summed E-state index contributed by atoms with van der Waals surface area (Å²) in [7, 11) is 0. The SMILES string of the molecule is CCOC(=O)c1ccc(Nc2ncnc(Nc3cc(Cl)cc(Cl)c3)c2[N+](=O)[O-])cc1. The molecular formula is C19H15Cl2N5O4. The second kappa shape index (κ2) is 9.38. The average Bonchev–Trinajstić information content (AvgIpc) is 2.68. The Labute approximate surface area is 181 Å². The van der Waals surface area contributed by atoms with E-state index in [1.54, 1.807) is 43.3 Å². The van der Waals surface area contributed by atoms with E-state index in [2.05, 4.69) is 20.6 Å². The van der Waals surface area contributed by atoms with E-state index in [1.165, 1.54) is 12.4 Å². The molecule has 1 heterocycles. The van der Waals surface area contributed by atoms with Crippen LogP contribution in [0.3, 0.4) is 0 Å². The molecule has 0 bridgehead atoms. The van der Waals surface area contributed by atoms with Crippen LogP contribution >= 0.6 is 23.2 Å². The maximum atomic E-state index is 11.7. The lowest BCUT2D eigenvalue weighted by molar-refractivity contribution is -0.383. The van der Waals surface area contributed by atoms with E-state index >= 15 is 0 Å². The summed E-state index contributed by atoms with van der Waals surface area (Å²) < 4.78 is 4.93. The van der Waals surface area contributed by atoms with Gasteiger partial charge in [-0.25, -0.2) is 14.8 Å². The molecule has 2 aromatic carbocycles. The van der Waals surface area contributed by atoms with Crippen molar-refractivity contribution in [2.24, 2.45) is 0 Å². The van der Waals surface area contributed by atoms with Crippen LogP contribution in [0.2, 0.25) is 10.0 Å². The van der Waals surface area contributed by atoms with Crippen molar-refractivity contribution in [3.63, 3.8) is 0 Å². The van der Waals surface area contributed by atoms with Crippen molar-refractivity contribution in [3.8, 4) is 0 Å². The minimum absolute atomic E-state index is 0.0329. The molecule has 0 aliphatic heterocycles. The zero-order valence-corrected chi connectivity index (χ0v) is 17.1. The minimum atomic E-state index is -0.607. The second-order valence-electron chi connectivity index (χ2n) is 5.88. The number of nitro groups is 1. The standard InChI is InChI=1S/C19H15Cl2N5O4/c1-2-30-19(27)11-3-5-14(6-4-11)24-17-16(26(28)29)18(23-10-22-17)25-15-8-12(20)7-13(21)9-15/h3-10H,2H2,1H3,(H2,22,23,24,25). The Balaban J connectivity index is 1.89. The van der Waals surface area contributed by atoms with Crippen LogP contribution in [0, 0.1) is 10.1 Å². The molecule has 30 heavy (non-hydrogen) atoms. The van der Waals surface area contributed by atoms with Gasteiger partial charge in [0, 0.05) is 21.4 Å². The summed E-state index contributed by atoms with van der Waals surface area (Å²) in [6, 6.07) is 10.9. The number of aromatic nitrogens is 2. The highest BCUT2D eigenvalue weighted by Crippen LogP contribution is 2.34. The van der Waals surface area contributed by atoms with Crippen molar-refractivity contribution in [2.75, 3.05) is 17.2 Å². The highest BCUT2D eigenvalue weighted by Gasteiger charge is 2.23. The van der Waals surface area contributed by atoms with Gasteiger partial charge in [0.2, 0.25) is 11.6 Å². The Morgan fingerprint density at radius 1 is 1.03 bits per heavy atom. The zero-order valence-electron chi connectivity index (χ0n) is 15.6. The van der Waals surface area contributed by atoms with Crippen molar-refractivity contribution < 1.29 is 14.5 Å². The van der Waals surface area contributed by atoms with Gasteiger partial charge in [0.05, 0.1) is 17.1 Å². The molecule has 3 aromatic rings. The van der Waals surface area contributed by atoms with Crippen LogP contribution in [-0.2, 0) is 4.74 Å². The molecule has 154 valence electrons. The molecule has 0 saturated heterocycles. The number of esters is 1. The lowest BCUT2D eigenvalue weighted by atomic mass is 10.2. The van der Waals surface area contributed by atoms with E-state index < -0.39 is 10.9 Å². The molecule has 0 aliphatic carbocycles. The highest BCUT2D eigenvalue weighted by atomic mass is 35.5. The molecule has 0 atom stereocenters. The quantitative estimate of drug-likeness (QED) is 0.282. The van der Waals surface area contributed by atoms with Gasteiger partial charge < -0.3 is 15.4 Å². The van der Waals surface area contributed by atoms with E-state index in [9.17, 15) is 14.9 Å². The Kier molecular flexibility index (Phi) is 6.65. The highest BCUT2D eigenvalue weighted by molar-refractivity contribution is 6.35. The minimum Gasteiger partial charge on any atom is -0.462 e. The molecule has 11 heteroatoms. The first-order valence-electron chi connectivity index (χ1n) is 8.64. The lowest BCUT2D eigenvalue weighted by Crippen LogP contribution is -2.06. The average molecular weight is 448 g/mol. The van der Waals surface area contributed by atoms with Crippen LogP contribution in [0.5, 0.6) is 0 Å². The third-order valence-electron chi connectivity index (χ3n) is 3.79. The van der Waals surface area contributed by atoms with Gasteiger partial charge in [0.15, 0.2) is 0 Å². The Morgan fingerprint density at radius 3 is 2.13 bits per heavy atom. The fraction of sp³-hybridized carbons (Fsp3) is 0.105. The largest absolute Gasteiger partial charge is 0.462 e. The third kappa shape index (κ3) is 5.13. The number of nitrogens with one attached hydrogen (secondary N) is 2. The number of nitrogens with zero attached hydrogens (tertiary/aromatic N) is 3. The molecule has 2 N–H and O–H groups in total. The third-order valence-corrected chi connectivity index (χ3v) is 4.23. The number of hydrogen-bond donors (Lipinski definition) is 2. The first-order valence-corrected chi connectivity index (χ1v) is 9.39. The molecule has 0 amide bonds. The maximum Gasteiger partial charge on any atom is 0.353 e. The van der Waals surface area contributed by atoms with E-state index in [4.69, 9.17) is 27.9 Å². The summed E-state index contributed by atoms with van der Waals surface area (Å²) in [6.45, 7) is 1.98. The molecular weight excluding hydrogens is 433 g/mol. The summed E-state index contributed by atoms with van der Waals surface area (Å²) in [5, 5.41) is 18.1. The summed E-state index contributed by atoms with van der Waals surface area (Å²) >= 11 is 12.0. The fourth-order valence-electron chi connectivity index (χ4n) is 2.54. The van der Waals surface area contributed by atoms with E-state index in [-0.39, 0.29) is 23.9 Å². The van der Waals surface area contributed by atoms with Crippen molar-refractivity contribution in [3.05, 3.63) is 74.5 Å². The van der Waals surface area contributed by atoms with Gasteiger partial charge in [0.1, 0.15) is 6.33 Å². The van der Waals surface area contributed by atoms with Gasteiger partial charge in [-0.3, -0.25) is 10.1 Å². The van der Waals surface area contributed by atoms with Crippen molar-refractivity contribution in [2.45, 2.75) is 6.92 Å². The van der Waals surface area contributed by atoms with E-state index in [0.717, 1.165) is 0 Å². The maximum absolute atomic E-state index is 11.7. The Bertz CT molecular complexity index is 1070. The van der Waals surface area contributed by atoms with Gasteiger partial charge >= 0.3 is 11.7 Å². The lowest BCUT2D eigenvalue weighted by Gasteiger charge is -2.11. The van der Waals surface area contributed by atoms with Crippen LogP contribution < -0.4 is 10.6 Å². The molecule has 0 aliphatic rings. The predicted octanol–water partition coefficient (Wildman–Crippen LogP) is 5.36. The van der Waals surface area contributed by atoms with Crippen LogP contribution in [0.25, 0.3) is 0 Å². The van der Waals surface area contributed by atoms with Gasteiger partial charge in [-0.2, -0.15) is 0 Å². The molecule has 3 rings (SSSR count). The molecule has 0 spiro atoms. The molecule has 0 radical (unpaired) electrons. The predicted molar refractivity (Wildman–Crippen MR) is 114 cm³/mol. The van der Waals surface area contributed by atoms with Crippen molar-refractivity contribution in [1.82, 2.24) is 9.97 Å². The van der Waals surface area contributed by atoms with Crippen LogP contribution in [0.15, 0.2) is 48.8 Å². The van der Waals surface area contributed by atoms with Crippen LogP contribution in [0.4, 0.5) is 28.7 Å². The Hall–Kier alpha value is -3.43. The summed E-state index contributed by atoms with van der Waals surface area (Å²) in [5.41, 5.74) is 0.906. The number of anilines is 4. The number of hydrogen-bond acceptors (Lipinski definition) is 8. The summed E-state index contributed by atoms with van der Waals surface area (Å²) in [6.07, 6.45) is 1.18. The number of rotatable bonds is 7. The molecule has 1 aromatic heterocycles. The van der Waals surface area contributed by atoms with Crippen molar-refractivity contribution in [1.29, 1.82) is 0 Å². The van der Waals surface area contributed by atoms with Gasteiger partial charge in [-0.15, -0.1) is 0 Å². The van der Waals surface area contributed by atoms with Gasteiger partial charge in [0.25, 0.3) is 0 Å². The first-order chi connectivity index (χ1) is 14.4. The van der Waals surface area contributed by atoms with Gasteiger partial charge in [-0.1, -0.05) is 23.2 Å². The topological polar surface area (TPSA) is 119 Å². The fourth-order valence-corrected chi connectivity index (χ4v) is 3.06. The van der Waals surface area contributed by atoms with Crippen LogP contribution in [0.1, 0.15) is 17.3 Å². The monoisotopic (exact) mass is 447 g/mol. The first kappa shape index (κ1) is 21.3. The normalized spacial score (nSPS) is 10.4. The molecule has 0 fully saturated rings. The summed E-state index contributed by atoms with van der Waals surface area (Å²) in [4.78, 5) is 30.8. The van der Waals surface area contributed by atoms with E-state index in [1.807, 2.05) is 0 Å². The number of carbonyl (C=O) groups excluding carboxylic acids is 1. The van der Waals surface area contributed by atoms with Crippen molar-refractivity contribution >= 4 is 57.9 Å². The van der Waals surface area contributed by atoms with Gasteiger partial charge in [-0.05, 0) is 49.4 Å². The number of benzene rings is 2. The number of carbonyl (C=O) groups is 1. The Morgan fingerprint density at radius 2 is 1.60 bits per heavy atom. The molecule has 9 nitrogen and oxygen atoms in total. The number of ether oxygens (including phenoxy) is 1. The smallest absolute Gasteiger partial charge is 0.353 e. The zero-order chi connectivity index (χ0) is 21.7. The summed E-state index contributed by atoms with van der Waals surface area (Å²) in [5.74, 6) is -0.530. The van der Waals surface area contributed by atoms with Crippen LogP contribution in [-0.4, -0.2) is 27.5 Å².